The lowest BCUT2D eigenvalue weighted by Gasteiger charge is -2.18. The summed E-state index contributed by atoms with van der Waals surface area (Å²) in [4.78, 5) is 2.14. The summed E-state index contributed by atoms with van der Waals surface area (Å²) in [5, 5.41) is 17.2. The van der Waals surface area contributed by atoms with Crippen LogP contribution >= 0.6 is 0 Å². The van der Waals surface area contributed by atoms with E-state index in [1.54, 1.807) is 0 Å². The lowest BCUT2D eigenvalue weighted by molar-refractivity contribution is 0.174. The van der Waals surface area contributed by atoms with Crippen LogP contribution in [0.4, 0.5) is 0 Å². The van der Waals surface area contributed by atoms with E-state index in [1.165, 1.54) is 0 Å². The third kappa shape index (κ3) is 4.74. The fourth-order valence-electron chi connectivity index (χ4n) is 1.60. The van der Waals surface area contributed by atoms with E-state index >= 15 is 0 Å². The van der Waals surface area contributed by atoms with Crippen molar-refractivity contribution in [2.45, 2.75) is 52.5 Å². The number of unbranched alkanes of at least 4 members (excludes halogenated alkanes) is 1. The van der Waals surface area contributed by atoms with E-state index in [9.17, 15) is 0 Å². The molecular formula is C13H25N3O2. The molecule has 0 radical (unpaired) electrons. The Kier molecular flexibility index (Phi) is 5.75. The normalized spacial score (nSPS) is 12.3. The van der Waals surface area contributed by atoms with Crippen LogP contribution in [0.2, 0.25) is 0 Å². The molecule has 104 valence electrons. The number of aromatic nitrogens is 2. The number of hydrogen-bond acceptors (Lipinski definition) is 5. The first kappa shape index (κ1) is 15.1. The van der Waals surface area contributed by atoms with Gasteiger partial charge in [0.15, 0.2) is 0 Å². The highest BCUT2D eigenvalue weighted by molar-refractivity contribution is 4.96. The quantitative estimate of drug-likeness (QED) is 0.807. The number of aliphatic hydroxyl groups excluding tert-OH is 1. The Morgan fingerprint density at radius 3 is 2.44 bits per heavy atom. The maximum absolute atomic E-state index is 9.04. The molecule has 1 aromatic rings. The third-order valence-electron chi connectivity index (χ3n) is 2.71. The predicted molar refractivity (Wildman–Crippen MR) is 70.3 cm³/mol. The zero-order chi connectivity index (χ0) is 13.6. The highest BCUT2D eigenvalue weighted by Gasteiger charge is 2.22. The Hall–Kier alpha value is -0.940. The summed E-state index contributed by atoms with van der Waals surface area (Å²) >= 11 is 0. The maximum Gasteiger partial charge on any atom is 0.230 e. The van der Waals surface area contributed by atoms with E-state index in [4.69, 9.17) is 9.52 Å². The predicted octanol–water partition coefficient (Wildman–Crippen LogP) is 1.96. The van der Waals surface area contributed by atoms with Crippen molar-refractivity contribution in [3.63, 3.8) is 0 Å². The fraction of sp³-hybridized carbons (Fsp3) is 0.846. The molecule has 0 atom stereocenters. The van der Waals surface area contributed by atoms with Gasteiger partial charge in [-0.3, -0.25) is 4.90 Å². The Morgan fingerprint density at radius 1 is 1.22 bits per heavy atom. The standard InChI is InChI=1S/C13H25N3O2/c1-5-6-7-16(8-9-17)10-11-14-15-12(18-11)13(2,3)4/h17H,5-10H2,1-4H3. The van der Waals surface area contributed by atoms with Crippen molar-refractivity contribution in [3.8, 4) is 0 Å². The van der Waals surface area contributed by atoms with Crippen LogP contribution in [0.25, 0.3) is 0 Å². The summed E-state index contributed by atoms with van der Waals surface area (Å²) in [6.45, 7) is 10.7. The lowest BCUT2D eigenvalue weighted by atomic mass is 9.97. The van der Waals surface area contributed by atoms with Crippen molar-refractivity contribution in [1.29, 1.82) is 0 Å². The topological polar surface area (TPSA) is 62.4 Å². The second-order valence-corrected chi connectivity index (χ2v) is 5.60. The fourth-order valence-corrected chi connectivity index (χ4v) is 1.60. The first-order valence-corrected chi connectivity index (χ1v) is 6.63. The van der Waals surface area contributed by atoms with Crippen LogP contribution in [0, 0.1) is 0 Å². The van der Waals surface area contributed by atoms with Gasteiger partial charge in [-0.25, -0.2) is 0 Å². The van der Waals surface area contributed by atoms with Gasteiger partial charge in [-0.05, 0) is 13.0 Å². The molecule has 1 aromatic heterocycles. The molecule has 18 heavy (non-hydrogen) atoms. The van der Waals surface area contributed by atoms with Crippen LogP contribution in [0.5, 0.6) is 0 Å². The highest BCUT2D eigenvalue weighted by atomic mass is 16.4. The van der Waals surface area contributed by atoms with Gasteiger partial charge in [-0.15, -0.1) is 10.2 Å². The molecule has 1 heterocycles. The molecule has 0 amide bonds. The molecule has 0 saturated heterocycles. The zero-order valence-electron chi connectivity index (χ0n) is 11.9. The molecule has 1 N–H and O–H groups in total. The van der Waals surface area contributed by atoms with Gasteiger partial charge in [0.05, 0.1) is 13.2 Å². The molecule has 0 bridgehead atoms. The van der Waals surface area contributed by atoms with Crippen molar-refractivity contribution in [2.24, 2.45) is 0 Å². The van der Waals surface area contributed by atoms with Crippen molar-refractivity contribution < 1.29 is 9.52 Å². The van der Waals surface area contributed by atoms with Gasteiger partial charge in [-0.1, -0.05) is 34.1 Å². The summed E-state index contributed by atoms with van der Waals surface area (Å²) < 4.78 is 5.66. The number of aliphatic hydroxyl groups is 1. The molecule has 5 nitrogen and oxygen atoms in total. The van der Waals surface area contributed by atoms with Gasteiger partial charge in [0.2, 0.25) is 11.8 Å². The van der Waals surface area contributed by atoms with Gasteiger partial charge in [-0.2, -0.15) is 0 Å². The summed E-state index contributed by atoms with van der Waals surface area (Å²) in [5.41, 5.74) is -0.115. The molecular weight excluding hydrogens is 230 g/mol. The van der Waals surface area contributed by atoms with Crippen LogP contribution in [0.3, 0.4) is 0 Å². The van der Waals surface area contributed by atoms with E-state index in [2.05, 4.69) is 22.0 Å². The van der Waals surface area contributed by atoms with Gasteiger partial charge >= 0.3 is 0 Å². The average Bonchev–Trinajstić information content (AvgIpc) is 2.74. The molecule has 0 aromatic carbocycles. The van der Waals surface area contributed by atoms with E-state index < -0.39 is 0 Å². The molecule has 0 spiro atoms. The molecule has 0 unspecified atom stereocenters. The lowest BCUT2D eigenvalue weighted by Crippen LogP contribution is -2.27. The molecule has 0 aliphatic rings. The van der Waals surface area contributed by atoms with Crippen molar-refractivity contribution in [2.75, 3.05) is 19.7 Å². The molecule has 0 saturated carbocycles. The number of rotatable bonds is 7. The highest BCUT2D eigenvalue weighted by Crippen LogP contribution is 2.20. The number of nitrogens with zero attached hydrogens (tertiary/aromatic N) is 3. The summed E-state index contributed by atoms with van der Waals surface area (Å²) in [5.74, 6) is 1.29. The van der Waals surface area contributed by atoms with Crippen LogP contribution in [-0.4, -0.2) is 39.9 Å². The monoisotopic (exact) mass is 255 g/mol. The smallest absolute Gasteiger partial charge is 0.230 e. The SMILES string of the molecule is CCCCN(CCO)Cc1nnc(C(C)(C)C)o1. The Balaban J connectivity index is 2.60. The zero-order valence-corrected chi connectivity index (χ0v) is 11.9. The Morgan fingerprint density at radius 2 is 1.94 bits per heavy atom. The van der Waals surface area contributed by atoms with Crippen LogP contribution < -0.4 is 0 Å². The van der Waals surface area contributed by atoms with Crippen molar-refractivity contribution >= 4 is 0 Å². The van der Waals surface area contributed by atoms with Crippen LogP contribution in [-0.2, 0) is 12.0 Å². The van der Waals surface area contributed by atoms with Gasteiger partial charge < -0.3 is 9.52 Å². The van der Waals surface area contributed by atoms with Crippen LogP contribution in [0.15, 0.2) is 4.42 Å². The second-order valence-electron chi connectivity index (χ2n) is 5.60. The van der Waals surface area contributed by atoms with Crippen molar-refractivity contribution in [1.82, 2.24) is 15.1 Å². The van der Waals surface area contributed by atoms with E-state index in [1.807, 2.05) is 20.8 Å². The maximum atomic E-state index is 9.04. The summed E-state index contributed by atoms with van der Waals surface area (Å²) in [6, 6.07) is 0. The van der Waals surface area contributed by atoms with Gasteiger partial charge in [0.1, 0.15) is 0 Å². The van der Waals surface area contributed by atoms with Gasteiger partial charge in [0.25, 0.3) is 0 Å². The Labute approximate surface area is 109 Å². The number of hydrogen-bond donors (Lipinski definition) is 1. The van der Waals surface area contributed by atoms with E-state index in [0.29, 0.717) is 24.9 Å². The molecule has 0 fully saturated rings. The molecule has 0 aliphatic carbocycles. The minimum Gasteiger partial charge on any atom is -0.423 e. The second kappa shape index (κ2) is 6.85. The third-order valence-corrected chi connectivity index (χ3v) is 2.71. The summed E-state index contributed by atoms with van der Waals surface area (Å²) in [6.07, 6.45) is 2.25. The Bertz CT molecular complexity index is 344. The average molecular weight is 255 g/mol. The summed E-state index contributed by atoms with van der Waals surface area (Å²) in [7, 11) is 0. The van der Waals surface area contributed by atoms with E-state index in [-0.39, 0.29) is 12.0 Å². The first-order valence-electron chi connectivity index (χ1n) is 6.63. The molecule has 5 heteroatoms. The van der Waals surface area contributed by atoms with E-state index in [0.717, 1.165) is 19.4 Å². The minimum atomic E-state index is -0.115. The molecule has 1 rings (SSSR count). The van der Waals surface area contributed by atoms with Gasteiger partial charge in [0, 0.05) is 12.0 Å². The first-order chi connectivity index (χ1) is 8.47. The largest absolute Gasteiger partial charge is 0.423 e. The van der Waals surface area contributed by atoms with Crippen molar-refractivity contribution in [3.05, 3.63) is 11.8 Å². The van der Waals surface area contributed by atoms with Crippen LogP contribution in [0.1, 0.15) is 52.3 Å². The molecule has 0 aliphatic heterocycles. The minimum absolute atomic E-state index is 0.115.